The number of benzene rings is 1. The van der Waals surface area contributed by atoms with Gasteiger partial charge >= 0.3 is 0 Å². The van der Waals surface area contributed by atoms with Crippen molar-refractivity contribution in [2.45, 2.75) is 45.4 Å². The van der Waals surface area contributed by atoms with Crippen LogP contribution in [0.5, 0.6) is 0 Å². The Balaban J connectivity index is 1.77. The van der Waals surface area contributed by atoms with Gasteiger partial charge in [-0.3, -0.25) is 4.90 Å². The van der Waals surface area contributed by atoms with E-state index in [1.54, 1.807) is 7.11 Å². The molecule has 1 aliphatic rings. The van der Waals surface area contributed by atoms with Gasteiger partial charge in [0, 0.05) is 26.2 Å². The highest BCUT2D eigenvalue weighted by Crippen LogP contribution is 2.12. The minimum Gasteiger partial charge on any atom is -0.380 e. The van der Waals surface area contributed by atoms with E-state index in [0.717, 1.165) is 13.1 Å². The van der Waals surface area contributed by atoms with E-state index in [0.29, 0.717) is 12.6 Å². The number of methoxy groups -OCH3 is 1. The van der Waals surface area contributed by atoms with Gasteiger partial charge in [-0.1, -0.05) is 30.7 Å². The molecule has 0 amide bonds. The van der Waals surface area contributed by atoms with Crippen molar-refractivity contribution < 1.29 is 4.74 Å². The van der Waals surface area contributed by atoms with Crippen molar-refractivity contribution in [2.75, 3.05) is 26.7 Å². The molecule has 1 saturated heterocycles. The number of piperidine rings is 1. The third kappa shape index (κ3) is 4.58. The molecule has 1 fully saturated rings. The van der Waals surface area contributed by atoms with Crippen molar-refractivity contribution in [3.8, 4) is 0 Å². The van der Waals surface area contributed by atoms with Crippen molar-refractivity contribution in [2.24, 2.45) is 0 Å². The molecule has 0 spiro atoms. The third-order valence-electron chi connectivity index (χ3n) is 4.19. The van der Waals surface area contributed by atoms with Crippen LogP contribution in [0, 0.1) is 0 Å². The zero-order valence-electron chi connectivity index (χ0n) is 12.9. The van der Waals surface area contributed by atoms with Crippen molar-refractivity contribution in [1.82, 2.24) is 10.2 Å². The number of ether oxygens (including phenoxy) is 1. The van der Waals surface area contributed by atoms with Crippen LogP contribution in [0.4, 0.5) is 0 Å². The molecule has 0 radical (unpaired) electrons. The highest BCUT2D eigenvalue weighted by Gasteiger charge is 2.16. The maximum Gasteiger partial charge on any atom is 0.0716 e. The van der Waals surface area contributed by atoms with Crippen LogP contribution in [0.1, 0.15) is 37.3 Å². The molecule has 0 bridgehead atoms. The Morgan fingerprint density at radius 3 is 2.55 bits per heavy atom. The molecule has 1 aromatic carbocycles. The van der Waals surface area contributed by atoms with E-state index >= 15 is 0 Å². The normalized spacial score (nSPS) is 18.1. The maximum atomic E-state index is 5.26. The predicted molar refractivity (Wildman–Crippen MR) is 83.7 cm³/mol. The first-order valence-electron chi connectivity index (χ1n) is 7.81. The van der Waals surface area contributed by atoms with Crippen LogP contribution in [0.2, 0.25) is 0 Å². The Bertz CT molecular complexity index is 388. The molecule has 3 heteroatoms. The summed E-state index contributed by atoms with van der Waals surface area (Å²) in [5, 5.41) is 3.60. The predicted octanol–water partition coefficient (Wildman–Crippen LogP) is 2.80. The molecule has 0 aromatic heterocycles. The van der Waals surface area contributed by atoms with E-state index < -0.39 is 0 Å². The Kier molecular flexibility index (Phi) is 6.51. The highest BCUT2D eigenvalue weighted by molar-refractivity contribution is 5.26. The van der Waals surface area contributed by atoms with E-state index in [4.69, 9.17) is 4.74 Å². The molecule has 112 valence electrons. The smallest absolute Gasteiger partial charge is 0.0716 e. The lowest BCUT2D eigenvalue weighted by Crippen LogP contribution is -2.43. The van der Waals surface area contributed by atoms with Crippen LogP contribution in [-0.2, 0) is 17.9 Å². The van der Waals surface area contributed by atoms with Crippen LogP contribution in [0.3, 0.4) is 0 Å². The van der Waals surface area contributed by atoms with Gasteiger partial charge < -0.3 is 10.1 Å². The Hall–Kier alpha value is -0.900. The standard InChI is InChI=1S/C17H28N2O/c1-15(19-10-6-3-7-11-19)12-18-13-16-8-4-5-9-17(16)14-20-2/h4-5,8-9,15,18H,3,6-7,10-14H2,1-2H3. The lowest BCUT2D eigenvalue weighted by atomic mass is 10.1. The van der Waals surface area contributed by atoms with Gasteiger partial charge in [-0.15, -0.1) is 0 Å². The van der Waals surface area contributed by atoms with E-state index in [2.05, 4.69) is 41.4 Å². The molecule has 1 atom stereocenters. The molecule has 1 heterocycles. The fraction of sp³-hybridized carbons (Fsp3) is 0.647. The van der Waals surface area contributed by atoms with Crippen molar-refractivity contribution in [1.29, 1.82) is 0 Å². The molecule has 1 N–H and O–H groups in total. The van der Waals surface area contributed by atoms with Gasteiger partial charge in [-0.2, -0.15) is 0 Å². The van der Waals surface area contributed by atoms with Crippen molar-refractivity contribution in [3.05, 3.63) is 35.4 Å². The summed E-state index contributed by atoms with van der Waals surface area (Å²) in [7, 11) is 1.75. The molecule has 1 unspecified atom stereocenters. The fourth-order valence-electron chi connectivity index (χ4n) is 2.93. The van der Waals surface area contributed by atoms with Gasteiger partial charge in [0.15, 0.2) is 0 Å². The minimum atomic E-state index is 0.630. The summed E-state index contributed by atoms with van der Waals surface area (Å²) < 4.78 is 5.26. The van der Waals surface area contributed by atoms with Gasteiger partial charge in [-0.25, -0.2) is 0 Å². The highest BCUT2D eigenvalue weighted by atomic mass is 16.5. The zero-order valence-corrected chi connectivity index (χ0v) is 12.9. The second kappa shape index (κ2) is 8.40. The molecule has 1 aliphatic heterocycles. The number of rotatable bonds is 7. The molecular weight excluding hydrogens is 248 g/mol. The van der Waals surface area contributed by atoms with Gasteiger partial charge in [0.25, 0.3) is 0 Å². The van der Waals surface area contributed by atoms with E-state index in [1.807, 2.05) is 0 Å². The maximum absolute atomic E-state index is 5.26. The molecule has 3 nitrogen and oxygen atoms in total. The lowest BCUT2D eigenvalue weighted by molar-refractivity contribution is 0.170. The SMILES string of the molecule is COCc1ccccc1CNCC(C)N1CCCCC1. The van der Waals surface area contributed by atoms with E-state index in [-0.39, 0.29) is 0 Å². The second-order valence-electron chi connectivity index (χ2n) is 5.78. The zero-order chi connectivity index (χ0) is 14.2. The van der Waals surface area contributed by atoms with E-state index in [1.165, 1.54) is 43.5 Å². The van der Waals surface area contributed by atoms with E-state index in [9.17, 15) is 0 Å². The topological polar surface area (TPSA) is 24.5 Å². The Morgan fingerprint density at radius 2 is 1.85 bits per heavy atom. The van der Waals surface area contributed by atoms with Crippen LogP contribution in [0.15, 0.2) is 24.3 Å². The average molecular weight is 276 g/mol. The number of hydrogen-bond acceptors (Lipinski definition) is 3. The fourth-order valence-corrected chi connectivity index (χ4v) is 2.93. The van der Waals surface area contributed by atoms with Gasteiger partial charge in [0.2, 0.25) is 0 Å². The monoisotopic (exact) mass is 276 g/mol. The molecule has 20 heavy (non-hydrogen) atoms. The molecule has 2 rings (SSSR count). The van der Waals surface area contributed by atoms with Crippen molar-refractivity contribution >= 4 is 0 Å². The number of hydrogen-bond donors (Lipinski definition) is 1. The summed E-state index contributed by atoms with van der Waals surface area (Å²) >= 11 is 0. The van der Waals surface area contributed by atoms with Crippen molar-refractivity contribution in [3.63, 3.8) is 0 Å². The molecular formula is C17H28N2O. The molecule has 0 aliphatic carbocycles. The summed E-state index contributed by atoms with van der Waals surface area (Å²) in [6.45, 7) is 7.55. The number of nitrogens with one attached hydrogen (secondary N) is 1. The van der Waals surface area contributed by atoms with Gasteiger partial charge in [0.1, 0.15) is 0 Å². The summed E-state index contributed by atoms with van der Waals surface area (Å²) in [6, 6.07) is 9.14. The largest absolute Gasteiger partial charge is 0.380 e. The quantitative estimate of drug-likeness (QED) is 0.829. The average Bonchev–Trinajstić information content (AvgIpc) is 2.50. The van der Waals surface area contributed by atoms with Crippen LogP contribution in [-0.4, -0.2) is 37.7 Å². The third-order valence-corrected chi connectivity index (χ3v) is 4.19. The minimum absolute atomic E-state index is 0.630. The summed E-state index contributed by atoms with van der Waals surface area (Å²) in [5.74, 6) is 0. The first-order chi connectivity index (χ1) is 9.81. The van der Waals surface area contributed by atoms with Crippen LogP contribution >= 0.6 is 0 Å². The number of nitrogens with zero attached hydrogens (tertiary/aromatic N) is 1. The Labute approximate surface area is 123 Å². The Morgan fingerprint density at radius 1 is 1.15 bits per heavy atom. The molecule has 1 aromatic rings. The first kappa shape index (κ1) is 15.5. The lowest BCUT2D eigenvalue weighted by Gasteiger charge is -2.32. The summed E-state index contributed by atoms with van der Waals surface area (Å²) in [4.78, 5) is 2.61. The molecule has 0 saturated carbocycles. The summed E-state index contributed by atoms with van der Waals surface area (Å²) in [6.07, 6.45) is 4.13. The van der Waals surface area contributed by atoms with Gasteiger partial charge in [0.05, 0.1) is 6.61 Å². The van der Waals surface area contributed by atoms with Crippen LogP contribution < -0.4 is 5.32 Å². The first-order valence-corrected chi connectivity index (χ1v) is 7.81. The van der Waals surface area contributed by atoms with Gasteiger partial charge in [-0.05, 0) is 44.0 Å². The van der Waals surface area contributed by atoms with Crippen LogP contribution in [0.25, 0.3) is 0 Å². The second-order valence-corrected chi connectivity index (χ2v) is 5.78. The summed E-state index contributed by atoms with van der Waals surface area (Å²) in [5.41, 5.74) is 2.63. The number of likely N-dealkylation sites (tertiary alicyclic amines) is 1.